The van der Waals surface area contributed by atoms with Crippen molar-refractivity contribution in [2.75, 3.05) is 31.2 Å². The molecule has 0 unspecified atom stereocenters. The molecule has 1 aliphatic heterocycles. The SMILES string of the molecule is Oc1cnc2cc(N3CCOCC3)nc(OC3CCC(c4nnc[n-]4)CC3)c2c1.[Pd]. The van der Waals surface area contributed by atoms with Crippen LogP contribution in [0.3, 0.4) is 0 Å². The fourth-order valence-electron chi connectivity index (χ4n) is 4.09. The molecule has 1 saturated heterocycles. The average molecular weight is 502 g/mol. The summed E-state index contributed by atoms with van der Waals surface area (Å²) in [6.07, 6.45) is 6.74. The maximum atomic E-state index is 9.93. The van der Waals surface area contributed by atoms with Gasteiger partial charge in [0.05, 0.1) is 30.3 Å². The summed E-state index contributed by atoms with van der Waals surface area (Å²) in [5, 5.41) is 18.6. The van der Waals surface area contributed by atoms with E-state index in [1.807, 2.05) is 6.07 Å². The maximum Gasteiger partial charge on any atom is 0.225 e. The van der Waals surface area contributed by atoms with Gasteiger partial charge in [-0.25, -0.2) is 0 Å². The Kier molecular flexibility index (Phi) is 6.47. The van der Waals surface area contributed by atoms with E-state index in [0.717, 1.165) is 61.3 Å². The van der Waals surface area contributed by atoms with Crippen molar-refractivity contribution in [2.24, 2.45) is 0 Å². The van der Waals surface area contributed by atoms with Crippen molar-refractivity contribution >= 4 is 16.7 Å². The molecular formula is C20H23N6O3Pd-. The molecule has 9 nitrogen and oxygen atoms in total. The van der Waals surface area contributed by atoms with Crippen LogP contribution in [0.2, 0.25) is 0 Å². The third kappa shape index (κ3) is 4.41. The fourth-order valence-corrected chi connectivity index (χ4v) is 4.09. The van der Waals surface area contributed by atoms with Crippen LogP contribution < -0.4 is 14.6 Å². The van der Waals surface area contributed by atoms with Gasteiger partial charge in [0.15, 0.2) is 0 Å². The van der Waals surface area contributed by atoms with Gasteiger partial charge in [-0.3, -0.25) is 4.98 Å². The first-order valence-electron chi connectivity index (χ1n) is 10.1. The first-order chi connectivity index (χ1) is 14.3. The van der Waals surface area contributed by atoms with E-state index in [-0.39, 0.29) is 32.3 Å². The molecule has 0 radical (unpaired) electrons. The summed E-state index contributed by atoms with van der Waals surface area (Å²) in [4.78, 5) is 15.6. The molecule has 4 heterocycles. The largest absolute Gasteiger partial charge is 0.506 e. The number of rotatable bonds is 4. The number of nitrogens with zero attached hydrogens (tertiary/aromatic N) is 6. The van der Waals surface area contributed by atoms with Crippen LogP contribution in [0.5, 0.6) is 11.6 Å². The summed E-state index contributed by atoms with van der Waals surface area (Å²) in [5.74, 6) is 2.64. The summed E-state index contributed by atoms with van der Waals surface area (Å²) in [6.45, 7) is 2.94. The molecule has 0 bridgehead atoms. The minimum absolute atomic E-state index is 0. The number of aromatic nitrogens is 5. The van der Waals surface area contributed by atoms with E-state index in [1.54, 1.807) is 6.07 Å². The van der Waals surface area contributed by atoms with Gasteiger partial charge in [-0.1, -0.05) is 0 Å². The number of ether oxygens (including phenoxy) is 2. The van der Waals surface area contributed by atoms with Crippen LogP contribution in [-0.2, 0) is 25.2 Å². The second-order valence-corrected chi connectivity index (χ2v) is 7.55. The van der Waals surface area contributed by atoms with Crippen molar-refractivity contribution in [1.29, 1.82) is 0 Å². The van der Waals surface area contributed by atoms with Crippen molar-refractivity contribution in [2.45, 2.75) is 37.7 Å². The predicted molar refractivity (Wildman–Crippen MR) is 105 cm³/mol. The first kappa shape index (κ1) is 21.0. The van der Waals surface area contributed by atoms with Gasteiger partial charge < -0.3 is 34.7 Å². The molecule has 0 atom stereocenters. The van der Waals surface area contributed by atoms with Crippen LogP contribution in [0.25, 0.3) is 10.9 Å². The molecular weight excluding hydrogens is 479 g/mol. The van der Waals surface area contributed by atoms with Crippen LogP contribution in [0.4, 0.5) is 5.82 Å². The zero-order chi connectivity index (χ0) is 19.6. The van der Waals surface area contributed by atoms with Crippen molar-refractivity contribution in [3.63, 3.8) is 0 Å². The Bertz CT molecular complexity index is 972. The zero-order valence-corrected chi connectivity index (χ0v) is 17.9. The number of morpholine rings is 1. The Labute approximate surface area is 187 Å². The monoisotopic (exact) mass is 501 g/mol. The summed E-state index contributed by atoms with van der Waals surface area (Å²) in [5.41, 5.74) is 0.763. The van der Waals surface area contributed by atoms with E-state index in [2.05, 4.69) is 25.1 Å². The number of fused-ring (bicyclic) bond motifs is 1. The van der Waals surface area contributed by atoms with Crippen LogP contribution in [-0.4, -0.2) is 57.7 Å². The van der Waals surface area contributed by atoms with Crippen LogP contribution in [0.15, 0.2) is 24.7 Å². The number of anilines is 1. The smallest absolute Gasteiger partial charge is 0.225 e. The molecule has 1 N–H and O–H groups in total. The molecule has 3 aromatic heterocycles. The fraction of sp³-hybridized carbons (Fsp3) is 0.500. The summed E-state index contributed by atoms with van der Waals surface area (Å²) in [7, 11) is 0. The van der Waals surface area contributed by atoms with Gasteiger partial charge in [-0.2, -0.15) is 4.98 Å². The van der Waals surface area contributed by atoms with E-state index in [9.17, 15) is 5.11 Å². The minimum Gasteiger partial charge on any atom is -0.506 e. The number of pyridine rings is 2. The summed E-state index contributed by atoms with van der Waals surface area (Å²) < 4.78 is 11.8. The second-order valence-electron chi connectivity index (χ2n) is 7.55. The topological polar surface area (TPSA) is 108 Å². The van der Waals surface area contributed by atoms with E-state index in [0.29, 0.717) is 25.0 Å². The molecule has 0 amide bonds. The van der Waals surface area contributed by atoms with E-state index >= 15 is 0 Å². The van der Waals surface area contributed by atoms with Crippen LogP contribution in [0, 0.1) is 0 Å². The molecule has 10 heteroatoms. The molecule has 3 aromatic rings. The molecule has 30 heavy (non-hydrogen) atoms. The second kappa shape index (κ2) is 9.25. The van der Waals surface area contributed by atoms with Crippen LogP contribution in [0.1, 0.15) is 37.4 Å². The summed E-state index contributed by atoms with van der Waals surface area (Å²) in [6, 6.07) is 3.62. The molecule has 5 rings (SSSR count). The van der Waals surface area contributed by atoms with Gasteiger partial charge in [-0.15, -0.1) is 0 Å². The summed E-state index contributed by atoms with van der Waals surface area (Å²) >= 11 is 0. The number of hydrogen-bond donors (Lipinski definition) is 1. The third-order valence-corrected chi connectivity index (χ3v) is 5.67. The van der Waals surface area contributed by atoms with Gasteiger partial charge >= 0.3 is 0 Å². The standard InChI is InChI=1S/C20H23N6O3.Pd/c27-14-9-16-17(21-11-14)10-18(26-5-7-28-8-6-26)24-20(16)29-15-3-1-13(2-4-15)19-22-12-23-25-19;/h9-13,15H,1-8H2,(H-,22,23,25,27);/q-1;. The van der Waals surface area contributed by atoms with Gasteiger partial charge in [0.2, 0.25) is 5.88 Å². The molecule has 2 fully saturated rings. The van der Waals surface area contributed by atoms with Gasteiger partial charge in [-0.05, 0) is 49.8 Å². The Morgan fingerprint density at radius 1 is 1.13 bits per heavy atom. The van der Waals surface area contributed by atoms with Crippen molar-refractivity contribution < 1.29 is 35.0 Å². The minimum atomic E-state index is 0. The Morgan fingerprint density at radius 2 is 1.93 bits per heavy atom. The molecule has 1 saturated carbocycles. The van der Waals surface area contributed by atoms with Crippen LogP contribution >= 0.6 is 0 Å². The molecule has 0 spiro atoms. The molecule has 1 aliphatic carbocycles. The van der Waals surface area contributed by atoms with Crippen molar-refractivity contribution in [3.8, 4) is 11.6 Å². The molecule has 162 valence electrons. The van der Waals surface area contributed by atoms with Gasteiger partial charge in [0, 0.05) is 39.6 Å². The van der Waals surface area contributed by atoms with E-state index in [1.165, 1.54) is 12.5 Å². The number of aromatic hydroxyl groups is 1. The zero-order valence-electron chi connectivity index (χ0n) is 16.4. The Morgan fingerprint density at radius 3 is 2.67 bits per heavy atom. The molecule has 0 aromatic carbocycles. The normalized spacial score (nSPS) is 21.9. The van der Waals surface area contributed by atoms with Crippen molar-refractivity contribution in [3.05, 3.63) is 30.5 Å². The van der Waals surface area contributed by atoms with Gasteiger partial charge in [0.1, 0.15) is 17.7 Å². The quantitative estimate of drug-likeness (QED) is 0.537. The molecule has 2 aliphatic rings. The predicted octanol–water partition coefficient (Wildman–Crippen LogP) is 2.02. The number of hydrogen-bond acceptors (Lipinski definition) is 8. The Balaban J connectivity index is 0.00000218. The third-order valence-electron chi connectivity index (χ3n) is 5.67. The maximum absolute atomic E-state index is 9.93. The van der Waals surface area contributed by atoms with E-state index < -0.39 is 0 Å². The first-order valence-corrected chi connectivity index (χ1v) is 10.1. The Hall–Kier alpha value is -2.28. The average Bonchev–Trinajstić information content (AvgIpc) is 3.30. The van der Waals surface area contributed by atoms with E-state index in [4.69, 9.17) is 14.5 Å². The van der Waals surface area contributed by atoms with Crippen molar-refractivity contribution in [1.82, 2.24) is 25.1 Å². The van der Waals surface area contributed by atoms with Gasteiger partial charge in [0.25, 0.3) is 0 Å².